The summed E-state index contributed by atoms with van der Waals surface area (Å²) < 4.78 is 5.44. The van der Waals surface area contributed by atoms with E-state index in [0.29, 0.717) is 37.1 Å². The molecule has 1 aliphatic heterocycles. The van der Waals surface area contributed by atoms with Gasteiger partial charge in [-0.05, 0) is 37.8 Å². The molecule has 1 unspecified atom stereocenters. The number of rotatable bonds is 3. The van der Waals surface area contributed by atoms with Crippen molar-refractivity contribution < 1.29 is 14.3 Å². The van der Waals surface area contributed by atoms with E-state index in [-0.39, 0.29) is 0 Å². The molecule has 1 N–H and O–H groups in total. The van der Waals surface area contributed by atoms with Gasteiger partial charge < -0.3 is 15.0 Å². The number of hydrogen-bond acceptors (Lipinski definition) is 3. The smallest absolute Gasteiger partial charge is 0.314 e. The number of nitrogens with one attached hydrogen (secondary N) is 1. The van der Waals surface area contributed by atoms with Crippen molar-refractivity contribution in [1.82, 2.24) is 4.90 Å². The third-order valence-corrected chi connectivity index (χ3v) is 3.57. The van der Waals surface area contributed by atoms with Crippen molar-refractivity contribution in [3.63, 3.8) is 0 Å². The van der Waals surface area contributed by atoms with Gasteiger partial charge in [0.15, 0.2) is 0 Å². The van der Waals surface area contributed by atoms with E-state index in [4.69, 9.17) is 4.74 Å². The second kappa shape index (κ2) is 7.11. The highest BCUT2D eigenvalue weighted by Gasteiger charge is 2.26. The van der Waals surface area contributed by atoms with Gasteiger partial charge in [0.05, 0.1) is 12.3 Å². The molecule has 0 radical (unpaired) electrons. The number of amides is 2. The molecule has 1 aromatic rings. The number of para-hydroxylation sites is 2. The van der Waals surface area contributed by atoms with Crippen molar-refractivity contribution in [3.05, 3.63) is 24.3 Å². The van der Waals surface area contributed by atoms with Gasteiger partial charge in [-0.2, -0.15) is 0 Å². The summed E-state index contributed by atoms with van der Waals surface area (Å²) in [6.07, 6.45) is 2.06. The molecular formula is C16H22N2O3. The first-order valence-electron chi connectivity index (χ1n) is 7.44. The Labute approximate surface area is 125 Å². The molecular weight excluding hydrogens is 268 g/mol. The van der Waals surface area contributed by atoms with E-state index in [9.17, 15) is 9.59 Å². The Hall–Kier alpha value is -2.04. The van der Waals surface area contributed by atoms with Crippen molar-refractivity contribution in [2.75, 3.05) is 25.0 Å². The fourth-order valence-electron chi connectivity index (χ4n) is 2.54. The highest BCUT2D eigenvalue weighted by Crippen LogP contribution is 2.24. The first kappa shape index (κ1) is 15.4. The minimum Gasteiger partial charge on any atom is -0.492 e. The number of nitrogens with zero attached hydrogens (tertiary/aromatic N) is 1. The fourth-order valence-corrected chi connectivity index (χ4v) is 2.54. The lowest BCUT2D eigenvalue weighted by molar-refractivity contribution is -0.144. The second-order valence-corrected chi connectivity index (χ2v) is 5.38. The Morgan fingerprint density at radius 2 is 2.14 bits per heavy atom. The van der Waals surface area contributed by atoms with E-state index < -0.39 is 11.8 Å². The summed E-state index contributed by atoms with van der Waals surface area (Å²) in [5.41, 5.74) is 0.530. The summed E-state index contributed by atoms with van der Waals surface area (Å²) in [7, 11) is 0. The predicted molar refractivity (Wildman–Crippen MR) is 81.2 cm³/mol. The average molecular weight is 290 g/mol. The van der Waals surface area contributed by atoms with E-state index in [1.807, 2.05) is 13.0 Å². The van der Waals surface area contributed by atoms with Gasteiger partial charge in [0, 0.05) is 13.1 Å². The van der Waals surface area contributed by atoms with Crippen LogP contribution in [-0.4, -0.2) is 36.4 Å². The molecule has 5 nitrogen and oxygen atoms in total. The summed E-state index contributed by atoms with van der Waals surface area (Å²) in [5.74, 6) is -0.0384. The summed E-state index contributed by atoms with van der Waals surface area (Å²) in [5, 5.41) is 2.65. The van der Waals surface area contributed by atoms with Gasteiger partial charge in [-0.3, -0.25) is 9.59 Å². The number of carbonyl (C=O) groups excluding carboxylic acids is 2. The summed E-state index contributed by atoms with van der Waals surface area (Å²) in [4.78, 5) is 25.9. The normalized spacial score (nSPS) is 18.2. The lowest BCUT2D eigenvalue weighted by Crippen LogP contribution is -2.44. The molecule has 5 heteroatoms. The summed E-state index contributed by atoms with van der Waals surface area (Å²) in [6.45, 7) is 5.79. The van der Waals surface area contributed by atoms with Crippen molar-refractivity contribution in [3.8, 4) is 5.75 Å². The topological polar surface area (TPSA) is 58.6 Å². The van der Waals surface area contributed by atoms with Crippen molar-refractivity contribution >= 4 is 17.5 Å². The van der Waals surface area contributed by atoms with Gasteiger partial charge in [0.1, 0.15) is 5.75 Å². The number of carbonyl (C=O) groups is 2. The van der Waals surface area contributed by atoms with E-state index in [1.54, 1.807) is 23.1 Å². The minimum absolute atomic E-state index is 0.450. The quantitative estimate of drug-likeness (QED) is 0.869. The maximum Gasteiger partial charge on any atom is 0.314 e. The van der Waals surface area contributed by atoms with Crippen LogP contribution in [0.4, 0.5) is 5.69 Å². The number of anilines is 1. The Morgan fingerprint density at radius 1 is 1.38 bits per heavy atom. The Kier molecular flexibility index (Phi) is 5.20. The van der Waals surface area contributed by atoms with E-state index >= 15 is 0 Å². The average Bonchev–Trinajstić information content (AvgIpc) is 2.48. The van der Waals surface area contributed by atoms with Gasteiger partial charge >= 0.3 is 11.8 Å². The first-order valence-corrected chi connectivity index (χ1v) is 7.44. The van der Waals surface area contributed by atoms with Gasteiger partial charge in [-0.15, -0.1) is 0 Å². The third kappa shape index (κ3) is 3.97. The fraction of sp³-hybridized carbons (Fsp3) is 0.500. The zero-order valence-electron chi connectivity index (χ0n) is 12.6. The third-order valence-electron chi connectivity index (χ3n) is 3.57. The molecule has 0 bridgehead atoms. The van der Waals surface area contributed by atoms with Crippen LogP contribution in [-0.2, 0) is 9.59 Å². The van der Waals surface area contributed by atoms with Crippen molar-refractivity contribution in [2.45, 2.75) is 26.7 Å². The van der Waals surface area contributed by atoms with Gasteiger partial charge in [0.2, 0.25) is 0 Å². The molecule has 1 fully saturated rings. The van der Waals surface area contributed by atoms with E-state index in [2.05, 4.69) is 12.2 Å². The highest BCUT2D eigenvalue weighted by molar-refractivity contribution is 6.39. The van der Waals surface area contributed by atoms with Crippen LogP contribution in [0.1, 0.15) is 26.7 Å². The van der Waals surface area contributed by atoms with Crippen molar-refractivity contribution in [2.24, 2.45) is 5.92 Å². The van der Waals surface area contributed by atoms with Crippen LogP contribution in [0.25, 0.3) is 0 Å². The van der Waals surface area contributed by atoms with E-state index in [0.717, 1.165) is 12.8 Å². The maximum atomic E-state index is 12.2. The molecule has 2 amide bonds. The zero-order chi connectivity index (χ0) is 15.2. The molecule has 1 aliphatic rings. The Bertz CT molecular complexity index is 516. The van der Waals surface area contributed by atoms with Crippen molar-refractivity contribution in [1.29, 1.82) is 0 Å². The molecule has 1 saturated heterocycles. The highest BCUT2D eigenvalue weighted by atomic mass is 16.5. The molecule has 0 saturated carbocycles. The Morgan fingerprint density at radius 3 is 2.86 bits per heavy atom. The molecule has 0 spiro atoms. The van der Waals surface area contributed by atoms with Crippen LogP contribution in [0.5, 0.6) is 5.75 Å². The molecule has 114 valence electrons. The predicted octanol–water partition coefficient (Wildman–Crippen LogP) is 2.28. The van der Waals surface area contributed by atoms with Crippen LogP contribution in [0.3, 0.4) is 0 Å². The molecule has 1 aromatic carbocycles. The zero-order valence-corrected chi connectivity index (χ0v) is 12.6. The number of hydrogen-bond donors (Lipinski definition) is 1. The standard InChI is InChI=1S/C16H22N2O3/c1-3-21-14-9-5-4-8-13(14)17-15(19)16(20)18-10-6-7-12(2)11-18/h4-5,8-9,12H,3,6-7,10-11H2,1-2H3,(H,17,19). The van der Waals surface area contributed by atoms with Crippen LogP contribution >= 0.6 is 0 Å². The monoisotopic (exact) mass is 290 g/mol. The lowest BCUT2D eigenvalue weighted by atomic mass is 10.0. The summed E-state index contributed by atoms with van der Waals surface area (Å²) >= 11 is 0. The second-order valence-electron chi connectivity index (χ2n) is 5.38. The molecule has 21 heavy (non-hydrogen) atoms. The number of piperidine rings is 1. The molecule has 0 aliphatic carbocycles. The van der Waals surface area contributed by atoms with Gasteiger partial charge in [-0.25, -0.2) is 0 Å². The molecule has 0 aromatic heterocycles. The number of ether oxygens (including phenoxy) is 1. The van der Waals surface area contributed by atoms with Crippen LogP contribution in [0.2, 0.25) is 0 Å². The SMILES string of the molecule is CCOc1ccccc1NC(=O)C(=O)N1CCCC(C)C1. The molecule has 1 heterocycles. The lowest BCUT2D eigenvalue weighted by Gasteiger charge is -2.30. The largest absolute Gasteiger partial charge is 0.492 e. The van der Waals surface area contributed by atoms with Gasteiger partial charge in [0.25, 0.3) is 0 Å². The maximum absolute atomic E-state index is 12.2. The van der Waals surface area contributed by atoms with Crippen LogP contribution in [0.15, 0.2) is 24.3 Å². The molecule has 1 atom stereocenters. The number of benzene rings is 1. The van der Waals surface area contributed by atoms with Gasteiger partial charge in [-0.1, -0.05) is 19.1 Å². The number of likely N-dealkylation sites (tertiary alicyclic amines) is 1. The van der Waals surface area contributed by atoms with Crippen LogP contribution in [0, 0.1) is 5.92 Å². The molecule has 2 rings (SSSR count). The Balaban J connectivity index is 2.02. The van der Waals surface area contributed by atoms with Crippen LogP contribution < -0.4 is 10.1 Å². The first-order chi connectivity index (χ1) is 10.1. The minimum atomic E-state index is -0.601. The summed E-state index contributed by atoms with van der Waals surface area (Å²) in [6, 6.07) is 7.13. The van der Waals surface area contributed by atoms with E-state index in [1.165, 1.54) is 0 Å².